The van der Waals surface area contributed by atoms with Gasteiger partial charge in [0.2, 0.25) is 5.91 Å². The molecule has 2 heterocycles. The summed E-state index contributed by atoms with van der Waals surface area (Å²) in [6.07, 6.45) is 3.55. The summed E-state index contributed by atoms with van der Waals surface area (Å²) in [5, 5.41) is 0.409. The molecule has 26 heavy (non-hydrogen) atoms. The van der Waals surface area contributed by atoms with Gasteiger partial charge in [-0.3, -0.25) is 14.2 Å². The molecule has 3 rings (SSSR count). The van der Waals surface area contributed by atoms with Crippen LogP contribution in [0.3, 0.4) is 0 Å². The first-order chi connectivity index (χ1) is 12.4. The van der Waals surface area contributed by atoms with Crippen LogP contribution in [-0.4, -0.2) is 39.9 Å². The van der Waals surface area contributed by atoms with E-state index in [1.165, 1.54) is 23.0 Å². The Morgan fingerprint density at radius 2 is 2.19 bits per heavy atom. The van der Waals surface area contributed by atoms with Gasteiger partial charge in [-0.15, -0.1) is 0 Å². The normalized spacial score (nSPS) is 14.3. The molecular weight excluding hydrogens is 366 g/mol. The lowest BCUT2D eigenvalue weighted by Crippen LogP contribution is -2.31. The van der Waals surface area contributed by atoms with E-state index in [-0.39, 0.29) is 18.3 Å². The van der Waals surface area contributed by atoms with Crippen LogP contribution >= 0.6 is 11.6 Å². The van der Waals surface area contributed by atoms with Gasteiger partial charge in [-0.2, -0.15) is 8.78 Å². The van der Waals surface area contributed by atoms with Gasteiger partial charge in [0.25, 0.3) is 5.91 Å². The number of hydrogen-bond donors (Lipinski definition) is 0. The molecule has 138 valence electrons. The maximum Gasteiger partial charge on any atom is 0.319 e. The first-order valence-corrected chi connectivity index (χ1v) is 8.41. The highest BCUT2D eigenvalue weighted by Crippen LogP contribution is 2.29. The van der Waals surface area contributed by atoms with Crippen LogP contribution < -0.4 is 4.90 Å². The van der Waals surface area contributed by atoms with Crippen LogP contribution in [0, 0.1) is 0 Å². The lowest BCUT2D eigenvalue weighted by molar-refractivity contribution is -0.117. The number of amides is 2. The fourth-order valence-corrected chi connectivity index (χ4v) is 3.11. The van der Waals surface area contributed by atoms with Crippen molar-refractivity contribution in [3.63, 3.8) is 0 Å². The summed E-state index contributed by atoms with van der Waals surface area (Å²) in [5.41, 5.74) is 0.733. The number of aromatic nitrogens is 2. The second-order valence-corrected chi connectivity index (χ2v) is 6.44. The van der Waals surface area contributed by atoms with Crippen LogP contribution in [0.5, 0.6) is 0 Å². The zero-order chi connectivity index (χ0) is 18.8. The summed E-state index contributed by atoms with van der Waals surface area (Å²) in [5.74, 6) is -0.402. The number of alkyl halides is 2. The van der Waals surface area contributed by atoms with E-state index in [2.05, 4.69) is 4.98 Å². The van der Waals surface area contributed by atoms with E-state index in [0.29, 0.717) is 40.2 Å². The Bertz CT molecular complexity index is 840. The van der Waals surface area contributed by atoms with Crippen molar-refractivity contribution in [1.82, 2.24) is 14.5 Å². The largest absolute Gasteiger partial charge is 0.334 e. The lowest BCUT2D eigenvalue weighted by Gasteiger charge is -2.23. The number of carbonyl (C=O) groups is 2. The first kappa shape index (κ1) is 18.3. The van der Waals surface area contributed by atoms with Crippen molar-refractivity contribution in [2.75, 3.05) is 18.5 Å². The second kappa shape index (κ2) is 7.41. The molecule has 0 saturated carbocycles. The number of imidazole rings is 1. The SMILES string of the molecule is CN(Cc1nccn1C(F)F)C(=O)c1ccc(Cl)cc1N1CCCC1=O. The average molecular weight is 383 g/mol. The van der Waals surface area contributed by atoms with Crippen molar-refractivity contribution in [2.45, 2.75) is 25.9 Å². The van der Waals surface area contributed by atoms with Gasteiger partial charge in [-0.25, -0.2) is 4.98 Å². The van der Waals surface area contributed by atoms with Gasteiger partial charge in [0, 0.05) is 37.4 Å². The Morgan fingerprint density at radius 1 is 1.42 bits per heavy atom. The molecule has 1 aromatic heterocycles. The van der Waals surface area contributed by atoms with Gasteiger partial charge in [0.15, 0.2) is 0 Å². The zero-order valence-corrected chi connectivity index (χ0v) is 14.8. The van der Waals surface area contributed by atoms with Crippen LogP contribution in [0.4, 0.5) is 14.5 Å². The van der Waals surface area contributed by atoms with Crippen LogP contribution in [0.2, 0.25) is 5.02 Å². The van der Waals surface area contributed by atoms with E-state index in [9.17, 15) is 18.4 Å². The second-order valence-electron chi connectivity index (χ2n) is 6.00. The van der Waals surface area contributed by atoms with Crippen LogP contribution in [0.25, 0.3) is 0 Å². The molecule has 1 aliphatic rings. The Hall–Kier alpha value is -2.48. The third-order valence-electron chi connectivity index (χ3n) is 4.24. The number of hydrogen-bond acceptors (Lipinski definition) is 3. The molecule has 6 nitrogen and oxygen atoms in total. The van der Waals surface area contributed by atoms with E-state index >= 15 is 0 Å². The summed E-state index contributed by atoms with van der Waals surface area (Å²) in [6.45, 7) is -2.31. The lowest BCUT2D eigenvalue weighted by atomic mass is 10.1. The van der Waals surface area contributed by atoms with Gasteiger partial charge in [0.1, 0.15) is 5.82 Å². The molecule has 0 spiro atoms. The van der Waals surface area contributed by atoms with Crippen molar-refractivity contribution < 1.29 is 18.4 Å². The smallest absolute Gasteiger partial charge is 0.319 e. The molecule has 0 radical (unpaired) electrons. The van der Waals surface area contributed by atoms with Gasteiger partial charge < -0.3 is 9.80 Å². The molecule has 2 aromatic rings. The van der Waals surface area contributed by atoms with Crippen molar-refractivity contribution in [3.8, 4) is 0 Å². The topological polar surface area (TPSA) is 58.4 Å². The fourth-order valence-electron chi connectivity index (χ4n) is 2.95. The Balaban J connectivity index is 1.87. The third kappa shape index (κ3) is 3.55. The summed E-state index contributed by atoms with van der Waals surface area (Å²) < 4.78 is 26.6. The molecule has 0 bridgehead atoms. The Labute approximate surface area is 154 Å². The molecule has 0 unspecified atom stereocenters. The van der Waals surface area contributed by atoms with Crippen LogP contribution in [0.15, 0.2) is 30.6 Å². The average Bonchev–Trinajstić information content (AvgIpc) is 3.23. The molecule has 1 fully saturated rings. The quantitative estimate of drug-likeness (QED) is 0.797. The van der Waals surface area contributed by atoms with Crippen molar-refractivity contribution in [2.24, 2.45) is 0 Å². The molecule has 0 N–H and O–H groups in total. The predicted molar refractivity (Wildman–Crippen MR) is 92.3 cm³/mol. The van der Waals surface area contributed by atoms with E-state index in [4.69, 9.17) is 11.6 Å². The summed E-state index contributed by atoms with van der Waals surface area (Å²) in [4.78, 5) is 31.6. The fraction of sp³-hybridized carbons (Fsp3) is 0.353. The van der Waals surface area contributed by atoms with E-state index in [1.54, 1.807) is 18.2 Å². The van der Waals surface area contributed by atoms with Crippen molar-refractivity contribution in [3.05, 3.63) is 47.0 Å². The minimum absolute atomic E-state index is 0.0720. The van der Waals surface area contributed by atoms with Gasteiger partial charge >= 0.3 is 6.55 Å². The molecule has 1 aromatic carbocycles. The van der Waals surface area contributed by atoms with Gasteiger partial charge in [-0.05, 0) is 24.6 Å². The Kier molecular flexibility index (Phi) is 5.22. The monoisotopic (exact) mass is 382 g/mol. The molecule has 2 amide bonds. The Morgan fingerprint density at radius 3 is 2.85 bits per heavy atom. The summed E-state index contributed by atoms with van der Waals surface area (Å²) >= 11 is 6.04. The van der Waals surface area contributed by atoms with Gasteiger partial charge in [-0.1, -0.05) is 11.6 Å². The first-order valence-electron chi connectivity index (χ1n) is 8.03. The minimum Gasteiger partial charge on any atom is -0.334 e. The number of carbonyl (C=O) groups excluding carboxylic acids is 2. The molecule has 0 aliphatic carbocycles. The molecule has 1 aliphatic heterocycles. The van der Waals surface area contributed by atoms with Crippen molar-refractivity contribution in [1.29, 1.82) is 0 Å². The summed E-state index contributed by atoms with van der Waals surface area (Å²) in [6, 6.07) is 4.68. The zero-order valence-electron chi connectivity index (χ0n) is 14.0. The number of nitrogens with zero attached hydrogens (tertiary/aromatic N) is 4. The highest BCUT2D eigenvalue weighted by molar-refractivity contribution is 6.31. The van der Waals surface area contributed by atoms with Crippen LogP contribution in [0.1, 0.15) is 35.6 Å². The molecule has 1 saturated heterocycles. The molecular formula is C17H17ClF2N4O2. The third-order valence-corrected chi connectivity index (χ3v) is 4.47. The predicted octanol–water partition coefficient (Wildman–Crippen LogP) is 3.33. The van der Waals surface area contributed by atoms with Gasteiger partial charge in [0.05, 0.1) is 17.8 Å². The standard InChI is InChI=1S/C17H17ClF2N4O2/c1-22(10-14-21-6-8-24(14)17(19)20)16(26)12-5-4-11(18)9-13(12)23-7-2-3-15(23)25/h4-6,8-9,17H,2-3,7,10H2,1H3. The number of rotatable bonds is 5. The highest BCUT2D eigenvalue weighted by Gasteiger charge is 2.27. The van der Waals surface area contributed by atoms with Crippen molar-refractivity contribution >= 4 is 29.1 Å². The number of anilines is 1. The maximum atomic E-state index is 13.0. The molecule has 9 heteroatoms. The van der Waals surface area contributed by atoms with Crippen LogP contribution in [-0.2, 0) is 11.3 Å². The molecule has 0 atom stereocenters. The maximum absolute atomic E-state index is 13.0. The number of halogens is 3. The van der Waals surface area contributed by atoms with E-state index in [0.717, 1.165) is 6.20 Å². The minimum atomic E-state index is -2.73. The number of benzene rings is 1. The highest BCUT2D eigenvalue weighted by atomic mass is 35.5. The van der Waals surface area contributed by atoms with E-state index in [1.807, 2.05) is 0 Å². The summed E-state index contributed by atoms with van der Waals surface area (Å²) in [7, 11) is 1.50. The van der Waals surface area contributed by atoms with E-state index < -0.39 is 12.5 Å².